The lowest BCUT2D eigenvalue weighted by Crippen LogP contribution is -2.62. The van der Waals surface area contributed by atoms with Crippen LogP contribution in [0.4, 0.5) is 5.69 Å². The van der Waals surface area contributed by atoms with E-state index in [0.717, 1.165) is 37.6 Å². The second kappa shape index (κ2) is 7.43. The summed E-state index contributed by atoms with van der Waals surface area (Å²) in [6, 6.07) is 8.75. The van der Waals surface area contributed by atoms with Gasteiger partial charge in [-0.05, 0) is 43.5 Å². The number of anilines is 1. The van der Waals surface area contributed by atoms with Gasteiger partial charge in [0.2, 0.25) is 0 Å². The molecule has 0 unspecified atom stereocenters. The largest absolute Gasteiger partial charge is 0.387 e. The number of rotatable bonds is 4. The van der Waals surface area contributed by atoms with Crippen molar-refractivity contribution in [3.05, 3.63) is 29.3 Å². The van der Waals surface area contributed by atoms with Gasteiger partial charge in [-0.25, -0.2) is 0 Å². The number of ether oxygens (including phenoxy) is 1. The summed E-state index contributed by atoms with van der Waals surface area (Å²) in [6.45, 7) is 8.79. The van der Waals surface area contributed by atoms with Crippen molar-refractivity contribution in [1.82, 2.24) is 4.90 Å². The standard InChI is InChI=1S/C20H31ClN2O2/c1-19(2)14-23(13-10-20(19,24)15-25-3)18-8-11-22(12-9-18)17-6-4-16(21)5-7-17/h4-7,18,24H,8-15H2,1-3H3/t20-/m1/s1. The molecule has 0 amide bonds. The molecule has 2 heterocycles. The van der Waals surface area contributed by atoms with Crippen LogP contribution in [0, 0.1) is 5.41 Å². The monoisotopic (exact) mass is 366 g/mol. The minimum absolute atomic E-state index is 0.158. The molecular formula is C20H31ClN2O2. The Kier molecular flexibility index (Phi) is 5.64. The van der Waals surface area contributed by atoms with Gasteiger partial charge >= 0.3 is 0 Å². The van der Waals surface area contributed by atoms with Crippen LogP contribution < -0.4 is 4.90 Å². The Morgan fingerprint density at radius 1 is 1.16 bits per heavy atom. The molecule has 0 aliphatic carbocycles. The van der Waals surface area contributed by atoms with E-state index in [9.17, 15) is 5.11 Å². The van der Waals surface area contributed by atoms with E-state index in [-0.39, 0.29) is 5.41 Å². The summed E-state index contributed by atoms with van der Waals surface area (Å²) in [5, 5.41) is 11.7. The molecular weight excluding hydrogens is 336 g/mol. The Balaban J connectivity index is 1.58. The van der Waals surface area contributed by atoms with Gasteiger partial charge in [0.15, 0.2) is 0 Å². The van der Waals surface area contributed by atoms with Gasteiger partial charge in [-0.1, -0.05) is 25.4 Å². The quantitative estimate of drug-likeness (QED) is 0.885. The van der Waals surface area contributed by atoms with E-state index in [1.165, 1.54) is 18.5 Å². The third kappa shape index (κ3) is 3.97. The van der Waals surface area contributed by atoms with E-state index in [1.807, 2.05) is 12.1 Å². The molecule has 140 valence electrons. The number of nitrogens with zero attached hydrogens (tertiary/aromatic N) is 2. The van der Waals surface area contributed by atoms with Crippen LogP contribution in [0.1, 0.15) is 33.1 Å². The van der Waals surface area contributed by atoms with Crippen molar-refractivity contribution in [1.29, 1.82) is 0 Å². The molecule has 2 saturated heterocycles. The zero-order chi connectivity index (χ0) is 18.1. The average molecular weight is 367 g/mol. The molecule has 1 aromatic rings. The maximum atomic E-state index is 11.0. The lowest BCUT2D eigenvalue weighted by atomic mass is 9.70. The first-order valence-corrected chi connectivity index (χ1v) is 9.68. The first-order chi connectivity index (χ1) is 11.8. The Bertz CT molecular complexity index is 570. The number of benzene rings is 1. The summed E-state index contributed by atoms with van der Waals surface area (Å²) in [4.78, 5) is 5.03. The van der Waals surface area contributed by atoms with E-state index >= 15 is 0 Å². The Morgan fingerprint density at radius 3 is 2.36 bits per heavy atom. The third-order valence-electron chi connectivity index (χ3n) is 6.23. The normalized spacial score (nSPS) is 28.3. The molecule has 5 heteroatoms. The fourth-order valence-corrected chi connectivity index (χ4v) is 4.49. The van der Waals surface area contributed by atoms with Gasteiger partial charge in [-0.15, -0.1) is 0 Å². The number of hydrogen-bond donors (Lipinski definition) is 1. The van der Waals surface area contributed by atoms with Gasteiger partial charge in [0.1, 0.15) is 0 Å². The summed E-state index contributed by atoms with van der Waals surface area (Å²) in [6.07, 6.45) is 3.12. The molecule has 0 saturated carbocycles. The molecule has 0 aromatic heterocycles. The lowest BCUT2D eigenvalue weighted by Gasteiger charge is -2.53. The molecule has 0 bridgehead atoms. The zero-order valence-corrected chi connectivity index (χ0v) is 16.4. The van der Waals surface area contributed by atoms with Gasteiger partial charge < -0.3 is 14.7 Å². The van der Waals surface area contributed by atoms with Crippen LogP contribution in [0.15, 0.2) is 24.3 Å². The topological polar surface area (TPSA) is 35.9 Å². The molecule has 2 aliphatic rings. The zero-order valence-electron chi connectivity index (χ0n) is 15.7. The van der Waals surface area contributed by atoms with E-state index in [2.05, 4.69) is 35.8 Å². The fourth-order valence-electron chi connectivity index (χ4n) is 4.36. The molecule has 2 fully saturated rings. The summed E-state index contributed by atoms with van der Waals surface area (Å²) in [7, 11) is 1.67. The van der Waals surface area contributed by atoms with Crippen molar-refractivity contribution in [2.75, 3.05) is 44.8 Å². The van der Waals surface area contributed by atoms with Crippen molar-refractivity contribution >= 4 is 17.3 Å². The highest BCUT2D eigenvalue weighted by molar-refractivity contribution is 6.30. The van der Waals surface area contributed by atoms with Crippen LogP contribution in [0.5, 0.6) is 0 Å². The van der Waals surface area contributed by atoms with E-state index in [1.54, 1.807) is 7.11 Å². The van der Waals surface area contributed by atoms with Crippen LogP contribution in [-0.4, -0.2) is 61.5 Å². The number of hydrogen-bond acceptors (Lipinski definition) is 4. The van der Waals surface area contributed by atoms with Crippen LogP contribution >= 0.6 is 11.6 Å². The highest BCUT2D eigenvalue weighted by atomic mass is 35.5. The third-order valence-corrected chi connectivity index (χ3v) is 6.48. The predicted molar refractivity (Wildman–Crippen MR) is 103 cm³/mol. The molecule has 4 nitrogen and oxygen atoms in total. The fraction of sp³-hybridized carbons (Fsp3) is 0.700. The maximum absolute atomic E-state index is 11.0. The van der Waals surface area contributed by atoms with Gasteiger partial charge in [0.25, 0.3) is 0 Å². The van der Waals surface area contributed by atoms with Crippen molar-refractivity contribution in [2.24, 2.45) is 5.41 Å². The lowest BCUT2D eigenvalue weighted by molar-refractivity contribution is -0.156. The molecule has 25 heavy (non-hydrogen) atoms. The first kappa shape index (κ1) is 19.0. The maximum Gasteiger partial charge on any atom is 0.0954 e. The van der Waals surface area contributed by atoms with Crippen LogP contribution in [-0.2, 0) is 4.74 Å². The summed E-state index contributed by atoms with van der Waals surface area (Å²) >= 11 is 5.99. The second-order valence-electron chi connectivity index (χ2n) is 8.26. The van der Waals surface area contributed by atoms with Crippen molar-refractivity contribution in [3.63, 3.8) is 0 Å². The van der Waals surface area contributed by atoms with Crippen molar-refractivity contribution in [3.8, 4) is 0 Å². The van der Waals surface area contributed by atoms with Gasteiger partial charge in [-0.2, -0.15) is 0 Å². The molecule has 0 spiro atoms. The van der Waals surface area contributed by atoms with Gasteiger partial charge in [0.05, 0.1) is 12.2 Å². The summed E-state index contributed by atoms with van der Waals surface area (Å²) in [5.74, 6) is 0. The van der Waals surface area contributed by atoms with E-state index in [4.69, 9.17) is 16.3 Å². The van der Waals surface area contributed by atoms with Crippen LogP contribution in [0.2, 0.25) is 5.02 Å². The summed E-state index contributed by atoms with van der Waals surface area (Å²) in [5.41, 5.74) is 0.382. The van der Waals surface area contributed by atoms with E-state index in [0.29, 0.717) is 12.6 Å². The Morgan fingerprint density at radius 2 is 1.80 bits per heavy atom. The highest BCUT2D eigenvalue weighted by Gasteiger charge is 2.48. The Hall–Kier alpha value is -0.810. The average Bonchev–Trinajstić information content (AvgIpc) is 2.59. The van der Waals surface area contributed by atoms with Gasteiger partial charge in [0, 0.05) is 55.5 Å². The first-order valence-electron chi connectivity index (χ1n) is 9.30. The highest BCUT2D eigenvalue weighted by Crippen LogP contribution is 2.40. The van der Waals surface area contributed by atoms with Crippen LogP contribution in [0.25, 0.3) is 0 Å². The molecule has 1 atom stereocenters. The number of piperidine rings is 2. The Labute approximate surface area is 156 Å². The summed E-state index contributed by atoms with van der Waals surface area (Å²) < 4.78 is 5.29. The van der Waals surface area contributed by atoms with Gasteiger partial charge in [-0.3, -0.25) is 4.90 Å². The molecule has 1 aromatic carbocycles. The molecule has 0 radical (unpaired) electrons. The number of halogens is 1. The van der Waals surface area contributed by atoms with Crippen LogP contribution in [0.3, 0.4) is 0 Å². The second-order valence-corrected chi connectivity index (χ2v) is 8.70. The van der Waals surface area contributed by atoms with Crippen molar-refractivity contribution < 1.29 is 9.84 Å². The smallest absolute Gasteiger partial charge is 0.0954 e. The van der Waals surface area contributed by atoms with Crippen molar-refractivity contribution in [2.45, 2.75) is 44.8 Å². The predicted octanol–water partition coefficient (Wildman–Crippen LogP) is 3.42. The number of methoxy groups -OCH3 is 1. The number of likely N-dealkylation sites (tertiary alicyclic amines) is 1. The minimum Gasteiger partial charge on any atom is -0.387 e. The minimum atomic E-state index is -0.720. The molecule has 2 aliphatic heterocycles. The van der Waals surface area contributed by atoms with E-state index < -0.39 is 5.60 Å². The number of aliphatic hydroxyl groups is 1. The molecule has 1 N–H and O–H groups in total. The SMILES string of the molecule is COC[C@]1(O)CCN(C2CCN(c3ccc(Cl)cc3)CC2)CC1(C)C. The molecule has 3 rings (SSSR count).